The molecule has 4 atom stereocenters. The van der Waals surface area contributed by atoms with E-state index in [1.165, 1.54) is 6.07 Å². The molecule has 0 bridgehead atoms. The van der Waals surface area contributed by atoms with E-state index in [-0.39, 0.29) is 36.1 Å². The summed E-state index contributed by atoms with van der Waals surface area (Å²) in [7, 11) is 0. The highest BCUT2D eigenvalue weighted by Crippen LogP contribution is 2.51. The van der Waals surface area contributed by atoms with Gasteiger partial charge in [-0.05, 0) is 55.7 Å². The second-order valence-corrected chi connectivity index (χ2v) is 8.90. The molecule has 1 aromatic carbocycles. The van der Waals surface area contributed by atoms with Crippen molar-refractivity contribution in [3.05, 3.63) is 51.5 Å². The molecule has 0 aliphatic heterocycles. The van der Waals surface area contributed by atoms with Gasteiger partial charge in [0.15, 0.2) is 11.4 Å². The van der Waals surface area contributed by atoms with Crippen LogP contribution in [0.1, 0.15) is 47.7 Å². The lowest BCUT2D eigenvalue weighted by molar-refractivity contribution is -0.144. The maximum Gasteiger partial charge on any atom is 0.255 e. The van der Waals surface area contributed by atoms with E-state index in [4.69, 9.17) is 5.73 Å². The summed E-state index contributed by atoms with van der Waals surface area (Å²) in [6, 6.07) is 3.06. The predicted molar refractivity (Wildman–Crippen MR) is 111 cm³/mol. The van der Waals surface area contributed by atoms with Crippen molar-refractivity contribution in [2.45, 2.75) is 50.7 Å². The van der Waals surface area contributed by atoms with Crippen molar-refractivity contribution in [2.24, 2.45) is 17.6 Å². The first-order valence-corrected chi connectivity index (χ1v) is 10.5. The molecule has 1 amide bonds. The number of ketones is 2. The lowest BCUT2D eigenvalue weighted by Crippen LogP contribution is -2.57. The van der Waals surface area contributed by atoms with Gasteiger partial charge >= 0.3 is 0 Å². The fraction of sp³-hybridized carbons (Fsp3) is 0.435. The fourth-order valence-electron chi connectivity index (χ4n) is 5.28. The molecular weight excluding hydrogens is 418 g/mol. The predicted octanol–water partition coefficient (Wildman–Crippen LogP) is 0.894. The number of hydrogen-bond acceptors (Lipinski definition) is 8. The Morgan fingerprint density at radius 2 is 1.91 bits per heavy atom. The fourth-order valence-corrected chi connectivity index (χ4v) is 5.28. The Balaban J connectivity index is 1.84. The van der Waals surface area contributed by atoms with Crippen molar-refractivity contribution in [2.75, 3.05) is 0 Å². The Bertz CT molecular complexity index is 1120. The maximum absolute atomic E-state index is 13.4. The van der Waals surface area contributed by atoms with E-state index in [2.05, 4.69) is 0 Å². The average molecular weight is 443 g/mol. The van der Waals surface area contributed by atoms with Gasteiger partial charge in [0, 0.05) is 17.9 Å². The van der Waals surface area contributed by atoms with E-state index in [1.54, 1.807) is 13.0 Å². The van der Waals surface area contributed by atoms with Crippen LogP contribution in [0.15, 0.2) is 34.8 Å². The van der Waals surface area contributed by atoms with Crippen LogP contribution >= 0.6 is 0 Å². The number of aromatic hydroxyl groups is 1. The number of allylic oxidation sites excluding steroid dienone is 2. The normalized spacial score (nSPS) is 28.2. The highest BCUT2D eigenvalue weighted by molar-refractivity contribution is 6.24. The van der Waals surface area contributed by atoms with Crippen LogP contribution in [0, 0.1) is 11.8 Å². The SMILES string of the molecule is CC(O)CCc1ccc(O)c2c1C[C@H]1C[C@H]3CC(O)=C(C(N)=O)C(=O)[C@@]3(O)C(O)=C1C2=O. The van der Waals surface area contributed by atoms with Gasteiger partial charge in [-0.25, -0.2) is 0 Å². The summed E-state index contributed by atoms with van der Waals surface area (Å²) in [6.07, 6.45) is 0.472. The summed E-state index contributed by atoms with van der Waals surface area (Å²) in [5.41, 5.74) is 3.02. The number of aliphatic hydroxyl groups is 4. The van der Waals surface area contributed by atoms with Gasteiger partial charge in [0.25, 0.3) is 5.91 Å². The molecule has 1 aromatic rings. The Morgan fingerprint density at radius 3 is 2.53 bits per heavy atom. The standard InChI is InChI=1S/C23H25NO8/c1-9(25)2-3-10-4-5-14(26)17-13(10)7-11-6-12-8-15(27)18(22(24)31)21(30)23(12,32)20(29)16(11)19(17)28/h4-5,9,11-12,25-27,29,32H,2-3,6-8H2,1H3,(H2,24,31)/t9?,11-,12+,23+/m1/s1. The van der Waals surface area contributed by atoms with Gasteiger partial charge in [0.05, 0.1) is 11.7 Å². The first kappa shape index (κ1) is 22.0. The highest BCUT2D eigenvalue weighted by Gasteiger charge is 2.59. The minimum Gasteiger partial charge on any atom is -0.511 e. The molecule has 0 spiro atoms. The Kier molecular flexibility index (Phi) is 5.14. The smallest absolute Gasteiger partial charge is 0.255 e. The number of rotatable bonds is 4. The van der Waals surface area contributed by atoms with Crippen LogP contribution in [0.3, 0.4) is 0 Å². The highest BCUT2D eigenvalue weighted by atomic mass is 16.3. The summed E-state index contributed by atoms with van der Waals surface area (Å²) in [4.78, 5) is 37.9. The largest absolute Gasteiger partial charge is 0.511 e. The van der Waals surface area contributed by atoms with Gasteiger partial charge in [-0.2, -0.15) is 0 Å². The van der Waals surface area contributed by atoms with Crippen LogP contribution in [0.25, 0.3) is 0 Å². The lowest BCUT2D eigenvalue weighted by atomic mass is 9.60. The number of benzene rings is 1. The summed E-state index contributed by atoms with van der Waals surface area (Å²) < 4.78 is 0. The number of hydrogen-bond donors (Lipinski definition) is 6. The van der Waals surface area contributed by atoms with E-state index >= 15 is 0 Å². The van der Waals surface area contributed by atoms with Crippen LogP contribution < -0.4 is 5.73 Å². The number of aliphatic hydroxyl groups excluding tert-OH is 3. The van der Waals surface area contributed by atoms with E-state index in [0.29, 0.717) is 18.4 Å². The number of Topliss-reactive ketones (excluding diaryl/α,β-unsaturated/α-hetero) is 2. The molecule has 3 aliphatic carbocycles. The summed E-state index contributed by atoms with van der Waals surface area (Å²) in [6.45, 7) is 1.65. The van der Waals surface area contributed by atoms with Gasteiger partial charge in [-0.3, -0.25) is 14.4 Å². The molecule has 9 heteroatoms. The first-order chi connectivity index (χ1) is 15.0. The lowest BCUT2D eigenvalue weighted by Gasteiger charge is -2.45. The summed E-state index contributed by atoms with van der Waals surface area (Å²) in [5.74, 6) is -6.41. The van der Waals surface area contributed by atoms with Crippen molar-refractivity contribution in [3.8, 4) is 5.75 Å². The number of primary amides is 1. The van der Waals surface area contributed by atoms with Gasteiger partial charge in [0.2, 0.25) is 5.78 Å². The van der Waals surface area contributed by atoms with Gasteiger partial charge in [0.1, 0.15) is 22.8 Å². The molecule has 170 valence electrons. The number of carbonyl (C=O) groups excluding carboxylic acids is 3. The zero-order chi connectivity index (χ0) is 23.5. The van der Waals surface area contributed by atoms with E-state index < -0.39 is 58.1 Å². The van der Waals surface area contributed by atoms with Crippen molar-refractivity contribution in [1.82, 2.24) is 0 Å². The molecule has 32 heavy (non-hydrogen) atoms. The monoisotopic (exact) mass is 443 g/mol. The van der Waals surface area contributed by atoms with Gasteiger partial charge in [-0.1, -0.05) is 6.07 Å². The topological polar surface area (TPSA) is 178 Å². The van der Waals surface area contributed by atoms with Crippen molar-refractivity contribution in [3.63, 3.8) is 0 Å². The number of fused-ring (bicyclic) bond motifs is 3. The van der Waals surface area contributed by atoms with E-state index in [0.717, 1.165) is 5.56 Å². The molecule has 0 radical (unpaired) electrons. The van der Waals surface area contributed by atoms with Crippen LogP contribution in [-0.4, -0.2) is 54.7 Å². The molecular formula is C23H25NO8. The third-order valence-corrected chi connectivity index (χ3v) is 6.87. The van der Waals surface area contributed by atoms with Gasteiger partial charge in [-0.15, -0.1) is 0 Å². The zero-order valence-corrected chi connectivity index (χ0v) is 17.5. The molecule has 9 nitrogen and oxygen atoms in total. The Morgan fingerprint density at radius 1 is 1.22 bits per heavy atom. The summed E-state index contributed by atoms with van der Waals surface area (Å²) in [5, 5.41) is 52.4. The zero-order valence-electron chi connectivity index (χ0n) is 17.5. The number of phenols is 1. The minimum absolute atomic E-state index is 0.00952. The second-order valence-electron chi connectivity index (χ2n) is 8.90. The molecule has 1 unspecified atom stereocenters. The first-order valence-electron chi connectivity index (χ1n) is 10.5. The molecule has 3 aliphatic rings. The molecule has 7 N–H and O–H groups in total. The number of amides is 1. The number of aryl methyl sites for hydroxylation is 1. The molecule has 0 aromatic heterocycles. The van der Waals surface area contributed by atoms with Gasteiger partial charge < -0.3 is 31.3 Å². The minimum atomic E-state index is -2.56. The van der Waals surface area contributed by atoms with Crippen LogP contribution in [0.5, 0.6) is 5.75 Å². The van der Waals surface area contributed by atoms with Crippen molar-refractivity contribution >= 4 is 17.5 Å². The van der Waals surface area contributed by atoms with Crippen LogP contribution in [0.4, 0.5) is 0 Å². The number of nitrogens with two attached hydrogens (primary N) is 1. The molecule has 0 saturated heterocycles. The quantitative estimate of drug-likeness (QED) is 0.371. The Labute approximate surface area is 183 Å². The average Bonchev–Trinajstić information content (AvgIpc) is 2.69. The third-order valence-electron chi connectivity index (χ3n) is 6.87. The third kappa shape index (κ3) is 3.03. The van der Waals surface area contributed by atoms with Crippen LogP contribution in [0.2, 0.25) is 0 Å². The number of carbonyl (C=O) groups is 3. The van der Waals surface area contributed by atoms with E-state index in [9.17, 15) is 39.9 Å². The number of phenolic OH excluding ortho intramolecular Hbond substituents is 1. The van der Waals surface area contributed by atoms with Crippen molar-refractivity contribution < 1.29 is 39.9 Å². The second kappa shape index (κ2) is 7.46. The molecule has 0 saturated carbocycles. The summed E-state index contributed by atoms with van der Waals surface area (Å²) >= 11 is 0. The Hall–Kier alpha value is -3.17. The van der Waals surface area contributed by atoms with E-state index in [1.807, 2.05) is 0 Å². The maximum atomic E-state index is 13.4. The molecule has 0 fully saturated rings. The van der Waals surface area contributed by atoms with Crippen LogP contribution in [-0.2, 0) is 22.4 Å². The molecule has 0 heterocycles. The van der Waals surface area contributed by atoms with Crippen molar-refractivity contribution in [1.29, 1.82) is 0 Å². The molecule has 4 rings (SSSR count).